The van der Waals surface area contributed by atoms with E-state index in [4.69, 9.17) is 4.74 Å². The van der Waals surface area contributed by atoms with E-state index >= 15 is 0 Å². The third-order valence-corrected chi connectivity index (χ3v) is 8.77. The van der Waals surface area contributed by atoms with E-state index in [1.165, 1.54) is 38.1 Å². The predicted molar refractivity (Wildman–Crippen MR) is 102 cm³/mol. The molecule has 0 amide bonds. The van der Waals surface area contributed by atoms with Crippen molar-refractivity contribution in [2.24, 2.45) is 5.92 Å². The molecule has 28 heavy (non-hydrogen) atoms. The van der Waals surface area contributed by atoms with E-state index in [0.29, 0.717) is 0 Å². The zero-order chi connectivity index (χ0) is 20.6. The molecule has 0 radical (unpaired) electrons. The number of alkyl halides is 3. The third kappa shape index (κ3) is 7.81. The van der Waals surface area contributed by atoms with Gasteiger partial charge < -0.3 is 9.47 Å². The second kappa shape index (κ2) is 10.8. The Hall–Kier alpha value is -1.57. The lowest BCUT2D eigenvalue weighted by Gasteiger charge is -2.26. The average molecular weight is 421 g/mol. The zero-order valence-electron chi connectivity index (χ0n) is 16.2. The van der Waals surface area contributed by atoms with Gasteiger partial charge in [0.2, 0.25) is 0 Å². The van der Waals surface area contributed by atoms with Crippen molar-refractivity contribution in [1.29, 1.82) is 0 Å². The highest BCUT2D eigenvalue weighted by molar-refractivity contribution is 6.59. The lowest BCUT2D eigenvalue weighted by molar-refractivity contribution is -0.275. The van der Waals surface area contributed by atoms with Gasteiger partial charge in [-0.25, -0.2) is 4.39 Å². The van der Waals surface area contributed by atoms with E-state index in [2.05, 4.69) is 11.7 Å². The molecule has 1 saturated heterocycles. The normalized spacial score (nSPS) is 20.0. The zero-order valence-corrected chi connectivity index (χ0v) is 17.3. The van der Waals surface area contributed by atoms with Gasteiger partial charge in [0.15, 0.2) is 11.6 Å². The Labute approximate surface area is 165 Å². The van der Waals surface area contributed by atoms with Gasteiger partial charge in [0, 0.05) is 14.9 Å². The van der Waals surface area contributed by atoms with Crippen LogP contribution in [-0.4, -0.2) is 21.1 Å². The number of benzene rings is 1. The van der Waals surface area contributed by atoms with Crippen molar-refractivity contribution in [2.75, 3.05) is 0 Å². The first kappa shape index (κ1) is 22.7. The molecule has 8 heteroatoms. The molecule has 1 fully saturated rings. The molecule has 1 aromatic carbocycles. The SMILES string of the molecule is CCCCCCC[SiH]1CCC(C(=O)Oc2ccc(OC(F)(F)F)c(F)c2)CC1. The summed E-state index contributed by atoms with van der Waals surface area (Å²) in [5.41, 5.74) is 0. The van der Waals surface area contributed by atoms with E-state index in [-0.39, 0.29) is 11.7 Å². The van der Waals surface area contributed by atoms with Crippen LogP contribution in [0.3, 0.4) is 0 Å². The minimum Gasteiger partial charge on any atom is -0.426 e. The van der Waals surface area contributed by atoms with Crippen LogP contribution in [0, 0.1) is 11.7 Å². The lowest BCUT2D eigenvalue weighted by atomic mass is 10.0. The molecule has 1 heterocycles. The fraction of sp³-hybridized carbons (Fsp3) is 0.650. The fourth-order valence-electron chi connectivity index (χ4n) is 3.68. The number of unbranched alkanes of at least 4 members (excludes halogenated alkanes) is 4. The molecule has 3 nitrogen and oxygen atoms in total. The summed E-state index contributed by atoms with van der Waals surface area (Å²) in [6.07, 6.45) is 3.04. The quantitative estimate of drug-likeness (QED) is 0.156. The van der Waals surface area contributed by atoms with Crippen LogP contribution in [0.15, 0.2) is 18.2 Å². The van der Waals surface area contributed by atoms with Gasteiger partial charge in [0.1, 0.15) is 5.75 Å². The second-order valence-corrected chi connectivity index (χ2v) is 10.9. The maximum absolute atomic E-state index is 13.7. The first-order chi connectivity index (χ1) is 13.3. The predicted octanol–water partition coefficient (Wildman–Crippen LogP) is 6.24. The van der Waals surface area contributed by atoms with Gasteiger partial charge in [-0.15, -0.1) is 13.2 Å². The summed E-state index contributed by atoms with van der Waals surface area (Å²) in [6, 6.07) is 6.22. The van der Waals surface area contributed by atoms with Crippen molar-refractivity contribution in [3.05, 3.63) is 24.0 Å². The summed E-state index contributed by atoms with van der Waals surface area (Å²) in [5, 5.41) is 0. The van der Waals surface area contributed by atoms with E-state index in [1.54, 1.807) is 0 Å². The van der Waals surface area contributed by atoms with Crippen LogP contribution in [0.4, 0.5) is 17.6 Å². The van der Waals surface area contributed by atoms with E-state index in [0.717, 1.165) is 43.1 Å². The second-order valence-electron chi connectivity index (χ2n) is 7.48. The van der Waals surface area contributed by atoms with E-state index in [9.17, 15) is 22.4 Å². The maximum atomic E-state index is 13.7. The van der Waals surface area contributed by atoms with E-state index in [1.807, 2.05) is 0 Å². The standard InChI is InChI=1S/C20H28F4O3Si/c1-2-3-4-5-6-11-28-12-9-15(10-13-28)19(25)26-16-7-8-18(17(21)14-16)27-20(22,23)24/h7-8,14-15,28H,2-6,9-13H2,1H3. The summed E-state index contributed by atoms with van der Waals surface area (Å²) in [4.78, 5) is 12.3. The Balaban J connectivity index is 1.76. The maximum Gasteiger partial charge on any atom is 0.573 e. The Kier molecular flexibility index (Phi) is 8.79. The van der Waals surface area contributed by atoms with Crippen LogP contribution >= 0.6 is 0 Å². The van der Waals surface area contributed by atoms with Crippen LogP contribution in [-0.2, 0) is 4.79 Å². The van der Waals surface area contributed by atoms with Crippen molar-refractivity contribution in [2.45, 2.75) is 76.4 Å². The smallest absolute Gasteiger partial charge is 0.426 e. The number of hydrogen-bond donors (Lipinski definition) is 0. The summed E-state index contributed by atoms with van der Waals surface area (Å²) < 4.78 is 59.0. The summed E-state index contributed by atoms with van der Waals surface area (Å²) in [6.45, 7) is 2.20. The molecule has 0 aliphatic carbocycles. The molecule has 0 spiro atoms. The Morgan fingerprint density at radius 2 is 1.82 bits per heavy atom. The number of hydrogen-bond acceptors (Lipinski definition) is 3. The number of carbonyl (C=O) groups excluding carboxylic acids is 1. The Bertz CT molecular complexity index is 628. The van der Waals surface area contributed by atoms with Gasteiger partial charge in [-0.05, 0) is 25.0 Å². The van der Waals surface area contributed by atoms with Crippen LogP contribution < -0.4 is 9.47 Å². The van der Waals surface area contributed by atoms with Gasteiger partial charge in [-0.1, -0.05) is 57.2 Å². The molecule has 0 atom stereocenters. The Morgan fingerprint density at radius 1 is 1.14 bits per heavy atom. The largest absolute Gasteiger partial charge is 0.573 e. The van der Waals surface area contributed by atoms with Crippen molar-refractivity contribution in [3.8, 4) is 11.5 Å². The van der Waals surface area contributed by atoms with Crippen molar-refractivity contribution < 1.29 is 31.8 Å². The molecule has 0 bridgehead atoms. The Morgan fingerprint density at radius 3 is 2.43 bits per heavy atom. The molecule has 0 N–H and O–H groups in total. The van der Waals surface area contributed by atoms with Crippen molar-refractivity contribution >= 4 is 14.8 Å². The van der Waals surface area contributed by atoms with Crippen LogP contribution in [0.1, 0.15) is 51.9 Å². The molecule has 158 valence electrons. The molecule has 0 saturated carbocycles. The number of halogens is 4. The summed E-state index contributed by atoms with van der Waals surface area (Å²) in [5.74, 6) is -2.91. The summed E-state index contributed by atoms with van der Waals surface area (Å²) >= 11 is 0. The molecular weight excluding hydrogens is 392 g/mol. The molecule has 1 aliphatic rings. The highest BCUT2D eigenvalue weighted by Gasteiger charge is 2.33. The number of carbonyl (C=O) groups is 1. The molecule has 0 unspecified atom stereocenters. The minimum atomic E-state index is -4.97. The summed E-state index contributed by atoms with van der Waals surface area (Å²) in [7, 11) is -0.769. The topological polar surface area (TPSA) is 35.5 Å². The molecule has 1 aromatic rings. The monoisotopic (exact) mass is 420 g/mol. The molecule has 2 rings (SSSR count). The van der Waals surface area contributed by atoms with Crippen LogP contribution in [0.5, 0.6) is 11.5 Å². The van der Waals surface area contributed by atoms with Crippen LogP contribution in [0.2, 0.25) is 18.1 Å². The average Bonchev–Trinajstić information content (AvgIpc) is 2.63. The number of ether oxygens (including phenoxy) is 2. The molecular formula is C20H28F4O3Si. The first-order valence-electron chi connectivity index (χ1n) is 10.1. The number of rotatable bonds is 9. The van der Waals surface area contributed by atoms with Gasteiger partial charge in [-0.2, -0.15) is 0 Å². The fourth-order valence-corrected chi connectivity index (χ4v) is 7.15. The minimum absolute atomic E-state index is 0.104. The van der Waals surface area contributed by atoms with Gasteiger partial charge in [0.25, 0.3) is 0 Å². The lowest BCUT2D eigenvalue weighted by Crippen LogP contribution is -2.28. The van der Waals surface area contributed by atoms with Crippen LogP contribution in [0.25, 0.3) is 0 Å². The van der Waals surface area contributed by atoms with Gasteiger partial charge in [-0.3, -0.25) is 4.79 Å². The van der Waals surface area contributed by atoms with Crippen molar-refractivity contribution in [1.82, 2.24) is 0 Å². The highest BCUT2D eigenvalue weighted by atomic mass is 28.3. The number of esters is 1. The van der Waals surface area contributed by atoms with Crippen molar-refractivity contribution in [3.63, 3.8) is 0 Å². The third-order valence-electron chi connectivity index (χ3n) is 5.24. The molecule has 1 aliphatic heterocycles. The van der Waals surface area contributed by atoms with Gasteiger partial charge >= 0.3 is 12.3 Å². The highest BCUT2D eigenvalue weighted by Crippen LogP contribution is 2.31. The first-order valence-corrected chi connectivity index (χ1v) is 12.5. The molecule has 0 aromatic heterocycles. The van der Waals surface area contributed by atoms with Gasteiger partial charge in [0.05, 0.1) is 5.92 Å². The van der Waals surface area contributed by atoms with E-state index < -0.39 is 32.7 Å².